The van der Waals surface area contributed by atoms with Gasteiger partial charge in [0.1, 0.15) is 5.82 Å². The lowest BCUT2D eigenvalue weighted by Crippen LogP contribution is -2.46. The van der Waals surface area contributed by atoms with Crippen molar-refractivity contribution < 1.29 is 14.3 Å². The molecule has 0 spiro atoms. The summed E-state index contributed by atoms with van der Waals surface area (Å²) in [6.07, 6.45) is 4.09. The summed E-state index contributed by atoms with van der Waals surface area (Å²) in [4.78, 5) is 14.2. The Labute approximate surface area is 131 Å². The predicted molar refractivity (Wildman–Crippen MR) is 84.1 cm³/mol. The predicted octanol–water partition coefficient (Wildman–Crippen LogP) is 2.70. The third-order valence-electron chi connectivity index (χ3n) is 4.16. The average molecular weight is 308 g/mol. The van der Waals surface area contributed by atoms with E-state index in [0.29, 0.717) is 12.8 Å². The third-order valence-corrected chi connectivity index (χ3v) is 4.16. The van der Waals surface area contributed by atoms with E-state index in [-0.39, 0.29) is 30.5 Å². The van der Waals surface area contributed by atoms with Crippen molar-refractivity contribution in [3.63, 3.8) is 0 Å². The highest BCUT2D eigenvalue weighted by molar-refractivity contribution is 5.75. The highest BCUT2D eigenvalue weighted by atomic mass is 19.1. The topological polar surface area (TPSA) is 52.6 Å². The molecule has 4 nitrogen and oxygen atoms in total. The normalized spacial score (nSPS) is 19.2. The maximum atomic E-state index is 13.3. The lowest BCUT2D eigenvalue weighted by atomic mass is 10.0. The van der Waals surface area contributed by atoms with Gasteiger partial charge in [-0.1, -0.05) is 12.1 Å². The molecule has 2 rings (SSSR count). The van der Waals surface area contributed by atoms with Gasteiger partial charge < -0.3 is 15.3 Å². The molecule has 1 aliphatic heterocycles. The smallest absolute Gasteiger partial charge is 0.317 e. The standard InChI is InChI=1S/C17H25FN2O2/c1-13(5-4-10-21)19-17(22)20-9-3-8-16(20)12-14-6-2-7-15(18)11-14/h2,6-7,11,13,16,21H,3-5,8-10,12H2,1H3,(H,19,22). The third kappa shape index (κ3) is 4.70. The summed E-state index contributed by atoms with van der Waals surface area (Å²) < 4.78 is 13.3. The van der Waals surface area contributed by atoms with Crippen LogP contribution < -0.4 is 5.32 Å². The number of carbonyl (C=O) groups is 1. The number of hydrogen-bond acceptors (Lipinski definition) is 2. The second-order valence-electron chi connectivity index (χ2n) is 6.04. The van der Waals surface area contributed by atoms with Gasteiger partial charge in [0.25, 0.3) is 0 Å². The number of amides is 2. The molecule has 2 N–H and O–H groups in total. The summed E-state index contributed by atoms with van der Waals surface area (Å²) in [6, 6.07) is 6.72. The number of aliphatic hydroxyl groups is 1. The molecule has 1 aromatic carbocycles. The van der Waals surface area contributed by atoms with Crippen molar-refractivity contribution in [2.45, 2.75) is 51.1 Å². The van der Waals surface area contributed by atoms with Gasteiger partial charge in [0.2, 0.25) is 0 Å². The first-order valence-electron chi connectivity index (χ1n) is 8.02. The fourth-order valence-corrected chi connectivity index (χ4v) is 3.01. The number of urea groups is 1. The molecular weight excluding hydrogens is 283 g/mol. The van der Waals surface area contributed by atoms with E-state index >= 15 is 0 Å². The molecule has 1 fully saturated rings. The average Bonchev–Trinajstić information content (AvgIpc) is 2.93. The van der Waals surface area contributed by atoms with E-state index in [4.69, 9.17) is 5.11 Å². The van der Waals surface area contributed by atoms with E-state index < -0.39 is 0 Å². The number of nitrogens with one attached hydrogen (secondary N) is 1. The molecule has 2 unspecified atom stereocenters. The summed E-state index contributed by atoms with van der Waals surface area (Å²) in [5.74, 6) is -0.232. The molecular formula is C17H25FN2O2. The largest absolute Gasteiger partial charge is 0.396 e. The van der Waals surface area contributed by atoms with Crippen LogP contribution in [0.3, 0.4) is 0 Å². The van der Waals surface area contributed by atoms with Gasteiger partial charge in [0.15, 0.2) is 0 Å². The Kier molecular flexibility index (Phi) is 6.19. The number of aliphatic hydroxyl groups excluding tert-OH is 1. The first-order chi connectivity index (χ1) is 10.6. The first kappa shape index (κ1) is 16.7. The molecule has 5 heteroatoms. The maximum Gasteiger partial charge on any atom is 0.317 e. The summed E-state index contributed by atoms with van der Waals surface area (Å²) in [6.45, 7) is 2.84. The molecule has 122 valence electrons. The van der Waals surface area contributed by atoms with Crippen LogP contribution in [-0.4, -0.2) is 41.3 Å². The van der Waals surface area contributed by atoms with Crippen LogP contribution in [0.25, 0.3) is 0 Å². The van der Waals surface area contributed by atoms with Crippen LogP contribution in [0.4, 0.5) is 9.18 Å². The molecule has 1 aromatic rings. The van der Waals surface area contributed by atoms with E-state index in [2.05, 4.69) is 5.32 Å². The second kappa shape index (κ2) is 8.13. The van der Waals surface area contributed by atoms with Gasteiger partial charge in [-0.2, -0.15) is 0 Å². The Hall–Kier alpha value is -1.62. The molecule has 1 heterocycles. The highest BCUT2D eigenvalue weighted by Gasteiger charge is 2.29. The number of nitrogens with zero attached hydrogens (tertiary/aromatic N) is 1. The monoisotopic (exact) mass is 308 g/mol. The van der Waals surface area contributed by atoms with Crippen LogP contribution in [0.5, 0.6) is 0 Å². The number of hydrogen-bond donors (Lipinski definition) is 2. The van der Waals surface area contributed by atoms with Gasteiger partial charge in [-0.15, -0.1) is 0 Å². The molecule has 2 amide bonds. The van der Waals surface area contributed by atoms with Crippen LogP contribution in [0.2, 0.25) is 0 Å². The van der Waals surface area contributed by atoms with E-state index in [1.807, 2.05) is 17.9 Å². The molecule has 1 saturated heterocycles. The summed E-state index contributed by atoms with van der Waals surface area (Å²) in [5.41, 5.74) is 0.929. The summed E-state index contributed by atoms with van der Waals surface area (Å²) in [7, 11) is 0. The maximum absolute atomic E-state index is 13.3. The molecule has 2 atom stereocenters. The zero-order chi connectivity index (χ0) is 15.9. The van der Waals surface area contributed by atoms with Crippen LogP contribution >= 0.6 is 0 Å². The highest BCUT2D eigenvalue weighted by Crippen LogP contribution is 2.21. The van der Waals surface area contributed by atoms with E-state index in [0.717, 1.165) is 31.4 Å². The number of halogens is 1. The van der Waals surface area contributed by atoms with Gasteiger partial charge in [-0.05, 0) is 56.7 Å². The van der Waals surface area contributed by atoms with Gasteiger partial charge in [0, 0.05) is 25.2 Å². The SMILES string of the molecule is CC(CCCO)NC(=O)N1CCCC1Cc1cccc(F)c1. The number of likely N-dealkylation sites (tertiary alicyclic amines) is 1. The lowest BCUT2D eigenvalue weighted by Gasteiger charge is -2.27. The number of rotatable bonds is 6. The van der Waals surface area contributed by atoms with E-state index in [9.17, 15) is 9.18 Å². The summed E-state index contributed by atoms with van der Waals surface area (Å²) in [5, 5.41) is 11.8. The van der Waals surface area contributed by atoms with E-state index in [1.165, 1.54) is 12.1 Å². The Bertz CT molecular complexity index is 495. The fraction of sp³-hybridized carbons (Fsp3) is 0.588. The quantitative estimate of drug-likeness (QED) is 0.849. The molecule has 0 bridgehead atoms. The van der Waals surface area contributed by atoms with Crippen molar-refractivity contribution in [1.29, 1.82) is 0 Å². The van der Waals surface area contributed by atoms with Crippen molar-refractivity contribution in [3.05, 3.63) is 35.6 Å². The van der Waals surface area contributed by atoms with Crippen LogP contribution in [0.1, 0.15) is 38.2 Å². The van der Waals surface area contributed by atoms with Crippen molar-refractivity contribution in [2.75, 3.05) is 13.2 Å². The summed E-state index contributed by atoms with van der Waals surface area (Å²) >= 11 is 0. The fourth-order valence-electron chi connectivity index (χ4n) is 3.01. The Morgan fingerprint density at radius 3 is 3.09 bits per heavy atom. The van der Waals surface area contributed by atoms with Gasteiger partial charge >= 0.3 is 6.03 Å². The molecule has 0 radical (unpaired) electrons. The number of carbonyl (C=O) groups excluding carboxylic acids is 1. The van der Waals surface area contributed by atoms with Crippen molar-refractivity contribution in [3.8, 4) is 0 Å². The van der Waals surface area contributed by atoms with Crippen LogP contribution in [-0.2, 0) is 6.42 Å². The molecule has 1 aliphatic rings. The van der Waals surface area contributed by atoms with Crippen LogP contribution in [0.15, 0.2) is 24.3 Å². The van der Waals surface area contributed by atoms with Crippen molar-refractivity contribution >= 4 is 6.03 Å². The van der Waals surface area contributed by atoms with Gasteiger partial charge in [0.05, 0.1) is 0 Å². The zero-order valence-corrected chi connectivity index (χ0v) is 13.1. The minimum Gasteiger partial charge on any atom is -0.396 e. The first-order valence-corrected chi connectivity index (χ1v) is 8.02. The van der Waals surface area contributed by atoms with Crippen LogP contribution in [0, 0.1) is 5.82 Å². The minimum atomic E-state index is -0.232. The molecule has 22 heavy (non-hydrogen) atoms. The Morgan fingerprint density at radius 1 is 1.55 bits per heavy atom. The Morgan fingerprint density at radius 2 is 2.36 bits per heavy atom. The number of benzene rings is 1. The van der Waals surface area contributed by atoms with Gasteiger partial charge in [-0.25, -0.2) is 9.18 Å². The second-order valence-corrected chi connectivity index (χ2v) is 6.04. The van der Waals surface area contributed by atoms with Gasteiger partial charge in [-0.3, -0.25) is 0 Å². The van der Waals surface area contributed by atoms with Crippen molar-refractivity contribution in [1.82, 2.24) is 10.2 Å². The Balaban J connectivity index is 1.91. The minimum absolute atomic E-state index is 0.0510. The van der Waals surface area contributed by atoms with E-state index in [1.54, 1.807) is 6.07 Å². The van der Waals surface area contributed by atoms with Crippen molar-refractivity contribution in [2.24, 2.45) is 0 Å². The lowest BCUT2D eigenvalue weighted by molar-refractivity contribution is 0.187. The zero-order valence-electron chi connectivity index (χ0n) is 13.1. The molecule has 0 saturated carbocycles. The molecule has 0 aliphatic carbocycles. The molecule has 0 aromatic heterocycles.